The number of ether oxygens (including phenoxy) is 2. The number of halogens is 1. The van der Waals surface area contributed by atoms with E-state index in [4.69, 9.17) is 21.1 Å². The Bertz CT molecular complexity index is 1200. The minimum atomic E-state index is -1.16. The van der Waals surface area contributed by atoms with Gasteiger partial charge < -0.3 is 19.5 Å². The molecule has 35 heavy (non-hydrogen) atoms. The number of rotatable bonds is 8. The van der Waals surface area contributed by atoms with Crippen molar-refractivity contribution in [2.45, 2.75) is 39.1 Å². The third-order valence-corrected chi connectivity index (χ3v) is 5.99. The van der Waals surface area contributed by atoms with Crippen LogP contribution in [-0.2, 0) is 20.9 Å². The smallest absolute Gasteiger partial charge is 0.306 e. The van der Waals surface area contributed by atoms with E-state index in [-0.39, 0.29) is 11.8 Å². The first-order valence-corrected chi connectivity index (χ1v) is 11.9. The predicted molar refractivity (Wildman–Crippen MR) is 135 cm³/mol. The number of amides is 1. The van der Waals surface area contributed by atoms with Crippen LogP contribution in [0.5, 0.6) is 5.75 Å². The molecule has 3 aromatic rings. The highest BCUT2D eigenvalue weighted by molar-refractivity contribution is 6.30. The number of benzene rings is 3. The van der Waals surface area contributed by atoms with E-state index in [1.165, 1.54) is 0 Å². The lowest BCUT2D eigenvalue weighted by molar-refractivity contribution is -0.147. The Hall–Kier alpha value is -3.35. The van der Waals surface area contributed by atoms with Crippen molar-refractivity contribution < 1.29 is 24.2 Å². The Morgan fingerprint density at radius 1 is 1.06 bits per heavy atom. The Morgan fingerprint density at radius 3 is 2.49 bits per heavy atom. The second-order valence-corrected chi connectivity index (χ2v) is 9.40. The molecule has 2 unspecified atom stereocenters. The number of carbonyl (C=O) groups is 2. The zero-order valence-electron chi connectivity index (χ0n) is 19.7. The van der Waals surface area contributed by atoms with Gasteiger partial charge in [0, 0.05) is 28.4 Å². The number of carboxylic acids is 1. The SMILES string of the molecule is CC(C)CN1C(=O)C(CC(=O)O)OC(c2ccccc2OCc2ccccc2)c2cc(Cl)ccc21. The van der Waals surface area contributed by atoms with Gasteiger partial charge in [0.05, 0.1) is 6.42 Å². The van der Waals surface area contributed by atoms with Gasteiger partial charge >= 0.3 is 5.97 Å². The minimum absolute atomic E-state index is 0.158. The van der Waals surface area contributed by atoms with Crippen LogP contribution in [0.2, 0.25) is 5.02 Å². The molecule has 0 radical (unpaired) electrons. The van der Waals surface area contributed by atoms with Gasteiger partial charge in [-0.15, -0.1) is 0 Å². The van der Waals surface area contributed by atoms with Crippen LogP contribution in [0.3, 0.4) is 0 Å². The van der Waals surface area contributed by atoms with Crippen LogP contribution in [0.4, 0.5) is 5.69 Å². The average molecular weight is 494 g/mol. The Kier molecular flexibility index (Phi) is 7.73. The third-order valence-electron chi connectivity index (χ3n) is 5.75. The van der Waals surface area contributed by atoms with Gasteiger partial charge in [-0.1, -0.05) is 74.0 Å². The zero-order chi connectivity index (χ0) is 24.9. The van der Waals surface area contributed by atoms with Crippen molar-refractivity contribution in [1.82, 2.24) is 0 Å². The van der Waals surface area contributed by atoms with Gasteiger partial charge in [-0.25, -0.2) is 0 Å². The van der Waals surface area contributed by atoms with Gasteiger partial charge in [0.25, 0.3) is 5.91 Å². The zero-order valence-corrected chi connectivity index (χ0v) is 20.4. The fourth-order valence-electron chi connectivity index (χ4n) is 4.22. The van der Waals surface area contributed by atoms with Gasteiger partial charge in [0.15, 0.2) is 0 Å². The summed E-state index contributed by atoms with van der Waals surface area (Å²) in [5.41, 5.74) is 3.05. The summed E-state index contributed by atoms with van der Waals surface area (Å²) in [4.78, 5) is 26.8. The molecule has 7 heteroatoms. The lowest BCUT2D eigenvalue weighted by Gasteiger charge is -2.26. The van der Waals surface area contributed by atoms with Gasteiger partial charge in [-0.05, 0) is 35.7 Å². The van der Waals surface area contributed by atoms with Crippen LogP contribution in [0.25, 0.3) is 0 Å². The van der Waals surface area contributed by atoms with Crippen LogP contribution in [0.15, 0.2) is 72.8 Å². The van der Waals surface area contributed by atoms with Crippen molar-refractivity contribution >= 4 is 29.2 Å². The Morgan fingerprint density at radius 2 is 1.77 bits per heavy atom. The van der Waals surface area contributed by atoms with Crippen LogP contribution in [-0.4, -0.2) is 29.6 Å². The van der Waals surface area contributed by atoms with Gasteiger partial charge in [0.1, 0.15) is 24.6 Å². The number of anilines is 1. The molecule has 2 atom stereocenters. The lowest BCUT2D eigenvalue weighted by Crippen LogP contribution is -2.42. The van der Waals surface area contributed by atoms with E-state index in [1.54, 1.807) is 23.1 Å². The maximum Gasteiger partial charge on any atom is 0.306 e. The molecule has 1 amide bonds. The van der Waals surface area contributed by atoms with Crippen molar-refractivity contribution in [1.29, 1.82) is 0 Å². The largest absolute Gasteiger partial charge is 0.489 e. The molecule has 1 aliphatic rings. The lowest BCUT2D eigenvalue weighted by atomic mass is 9.98. The molecule has 0 fully saturated rings. The standard InChI is InChI=1S/C28H28ClNO5/c1-18(2)16-30-23-13-12-20(29)14-22(23)27(35-25(28(30)33)15-26(31)32)21-10-6-7-11-24(21)34-17-19-8-4-3-5-9-19/h3-14,18,25,27H,15-17H2,1-2H3,(H,31,32). The van der Waals surface area contributed by atoms with E-state index in [0.29, 0.717) is 40.7 Å². The van der Waals surface area contributed by atoms with Gasteiger partial charge in [-0.2, -0.15) is 0 Å². The van der Waals surface area contributed by atoms with Crippen LogP contribution in [0, 0.1) is 5.92 Å². The molecule has 1 aliphatic heterocycles. The van der Waals surface area contributed by atoms with Crippen LogP contribution in [0.1, 0.15) is 43.1 Å². The van der Waals surface area contributed by atoms with E-state index in [1.807, 2.05) is 68.4 Å². The number of aliphatic carboxylic acids is 1. The number of para-hydroxylation sites is 1. The minimum Gasteiger partial charge on any atom is -0.489 e. The molecule has 1 heterocycles. The van der Waals surface area contributed by atoms with E-state index in [2.05, 4.69) is 0 Å². The molecule has 0 spiro atoms. The van der Waals surface area contributed by atoms with E-state index in [0.717, 1.165) is 5.56 Å². The number of nitrogens with zero attached hydrogens (tertiary/aromatic N) is 1. The van der Waals surface area contributed by atoms with Crippen LogP contribution < -0.4 is 9.64 Å². The number of fused-ring (bicyclic) bond motifs is 1. The quantitative estimate of drug-likeness (QED) is 0.424. The van der Waals surface area contributed by atoms with Crippen LogP contribution >= 0.6 is 11.6 Å². The second-order valence-electron chi connectivity index (χ2n) is 8.96. The number of carboxylic acid groups (broad SMARTS) is 1. The van der Waals surface area contributed by atoms with E-state index in [9.17, 15) is 14.7 Å². The molecule has 182 valence electrons. The molecule has 0 saturated carbocycles. The second kappa shape index (κ2) is 10.9. The molecule has 0 aliphatic carbocycles. The molecular formula is C28H28ClNO5. The predicted octanol–water partition coefficient (Wildman–Crippen LogP) is 5.87. The average Bonchev–Trinajstić information content (AvgIpc) is 2.93. The summed E-state index contributed by atoms with van der Waals surface area (Å²) in [5, 5.41) is 10.0. The summed E-state index contributed by atoms with van der Waals surface area (Å²) in [5.74, 6) is -0.740. The van der Waals surface area contributed by atoms with E-state index < -0.39 is 24.6 Å². The summed E-state index contributed by atoms with van der Waals surface area (Å²) < 4.78 is 12.5. The molecule has 0 saturated heterocycles. The molecule has 4 rings (SSSR count). The van der Waals surface area contributed by atoms with Crippen molar-refractivity contribution in [3.05, 3.63) is 94.5 Å². The summed E-state index contributed by atoms with van der Waals surface area (Å²) in [7, 11) is 0. The summed E-state index contributed by atoms with van der Waals surface area (Å²) in [6.07, 6.45) is -2.36. The van der Waals surface area contributed by atoms with Crippen molar-refractivity contribution in [2.75, 3.05) is 11.4 Å². The molecular weight excluding hydrogens is 466 g/mol. The molecule has 1 N–H and O–H groups in total. The number of hydrogen-bond donors (Lipinski definition) is 1. The molecule has 6 nitrogen and oxygen atoms in total. The first-order valence-electron chi connectivity index (χ1n) is 11.6. The van der Waals surface area contributed by atoms with Crippen molar-refractivity contribution in [2.24, 2.45) is 5.92 Å². The summed E-state index contributed by atoms with van der Waals surface area (Å²) in [6, 6.07) is 22.5. The van der Waals surface area contributed by atoms with E-state index >= 15 is 0 Å². The number of hydrogen-bond acceptors (Lipinski definition) is 4. The number of carbonyl (C=O) groups excluding carboxylic acids is 1. The monoisotopic (exact) mass is 493 g/mol. The van der Waals surface area contributed by atoms with Gasteiger partial charge in [0.2, 0.25) is 0 Å². The Labute approximate surface area is 210 Å². The highest BCUT2D eigenvalue weighted by Gasteiger charge is 2.38. The fraction of sp³-hybridized carbons (Fsp3) is 0.286. The van der Waals surface area contributed by atoms with Crippen molar-refractivity contribution in [3.8, 4) is 5.75 Å². The first-order chi connectivity index (χ1) is 16.8. The molecule has 0 bridgehead atoms. The highest BCUT2D eigenvalue weighted by Crippen LogP contribution is 2.43. The normalized spacial score (nSPS) is 17.7. The fourth-order valence-corrected chi connectivity index (χ4v) is 4.40. The first kappa shape index (κ1) is 24.8. The maximum atomic E-state index is 13.5. The molecule has 3 aromatic carbocycles. The summed E-state index contributed by atoms with van der Waals surface area (Å²) >= 11 is 6.39. The maximum absolute atomic E-state index is 13.5. The summed E-state index contributed by atoms with van der Waals surface area (Å²) in [6.45, 7) is 4.78. The van der Waals surface area contributed by atoms with Gasteiger partial charge in [-0.3, -0.25) is 9.59 Å². The Balaban J connectivity index is 1.80. The highest BCUT2D eigenvalue weighted by atomic mass is 35.5. The topological polar surface area (TPSA) is 76.1 Å². The molecule has 0 aromatic heterocycles. The third kappa shape index (κ3) is 5.84. The van der Waals surface area contributed by atoms with Crippen molar-refractivity contribution in [3.63, 3.8) is 0 Å².